The quantitative estimate of drug-likeness (QED) is 0.607. The fourth-order valence-electron chi connectivity index (χ4n) is 3.86. The van der Waals surface area contributed by atoms with Gasteiger partial charge in [-0.05, 0) is 36.5 Å². The molecule has 1 saturated carbocycles. The van der Waals surface area contributed by atoms with Crippen LogP contribution in [0.15, 0.2) is 16.9 Å². The normalized spacial score (nSPS) is 17.8. The van der Waals surface area contributed by atoms with Crippen molar-refractivity contribution in [1.82, 2.24) is 4.57 Å². The van der Waals surface area contributed by atoms with Gasteiger partial charge in [-0.2, -0.15) is 0 Å². The van der Waals surface area contributed by atoms with Crippen molar-refractivity contribution in [2.24, 2.45) is 11.3 Å². The van der Waals surface area contributed by atoms with Gasteiger partial charge < -0.3 is 0 Å². The lowest BCUT2D eigenvalue weighted by Crippen LogP contribution is -2.42. The summed E-state index contributed by atoms with van der Waals surface area (Å²) in [5.74, 6) is -2.24. The van der Waals surface area contributed by atoms with E-state index in [0.717, 1.165) is 28.0 Å². The summed E-state index contributed by atoms with van der Waals surface area (Å²) in [6.07, 6.45) is 1.27. The zero-order chi connectivity index (χ0) is 19.2. The van der Waals surface area contributed by atoms with E-state index in [2.05, 4.69) is 0 Å². The van der Waals surface area contributed by atoms with E-state index in [0.29, 0.717) is 17.7 Å². The molecule has 0 aliphatic heterocycles. The Labute approximate surface area is 156 Å². The van der Waals surface area contributed by atoms with Gasteiger partial charge in [0, 0.05) is 24.9 Å². The van der Waals surface area contributed by atoms with Gasteiger partial charge in [0.05, 0.1) is 10.2 Å². The van der Waals surface area contributed by atoms with Crippen LogP contribution in [0.3, 0.4) is 0 Å². The number of Topliss-reactive ketones (excluding diaryl/α,β-unsaturated/α-hetero) is 3. The SMILES string of the molecule is CCCn1c(=O)sc2ccc(C(=O)C3C(=O)CC(C)(C)CC3=O)c(C)c21. The summed E-state index contributed by atoms with van der Waals surface area (Å²) in [7, 11) is 0. The van der Waals surface area contributed by atoms with Crippen LogP contribution in [-0.2, 0) is 16.1 Å². The number of hydrogen-bond donors (Lipinski definition) is 0. The molecular formula is C20H23NO4S. The van der Waals surface area contributed by atoms with E-state index in [1.54, 1.807) is 23.6 Å². The van der Waals surface area contributed by atoms with Crippen LogP contribution in [0.2, 0.25) is 0 Å². The highest BCUT2D eigenvalue weighted by molar-refractivity contribution is 7.16. The second-order valence-electron chi connectivity index (χ2n) is 7.85. The minimum absolute atomic E-state index is 0.0545. The third kappa shape index (κ3) is 3.07. The average molecular weight is 373 g/mol. The molecular weight excluding hydrogens is 350 g/mol. The lowest BCUT2D eigenvalue weighted by atomic mass is 9.69. The Hall–Kier alpha value is -2.08. The van der Waals surface area contributed by atoms with Crippen LogP contribution < -0.4 is 4.87 Å². The highest BCUT2D eigenvalue weighted by Gasteiger charge is 2.44. The lowest BCUT2D eigenvalue weighted by Gasteiger charge is -2.31. The predicted molar refractivity (Wildman–Crippen MR) is 102 cm³/mol. The number of fused-ring (bicyclic) bond motifs is 1. The van der Waals surface area contributed by atoms with Gasteiger partial charge in [-0.15, -0.1) is 0 Å². The number of nitrogens with zero attached hydrogens (tertiary/aromatic N) is 1. The van der Waals surface area contributed by atoms with Gasteiger partial charge in [0.25, 0.3) is 0 Å². The molecule has 6 heteroatoms. The minimum atomic E-state index is -1.20. The van der Waals surface area contributed by atoms with Crippen molar-refractivity contribution < 1.29 is 14.4 Å². The Kier molecular flexibility index (Phi) is 4.73. The molecule has 2 aromatic rings. The van der Waals surface area contributed by atoms with E-state index >= 15 is 0 Å². The van der Waals surface area contributed by atoms with Crippen LogP contribution in [0.25, 0.3) is 10.2 Å². The fraction of sp³-hybridized carbons (Fsp3) is 0.500. The first-order chi connectivity index (χ1) is 12.2. The largest absolute Gasteiger partial charge is 0.308 e. The molecule has 1 aliphatic carbocycles. The maximum atomic E-state index is 13.0. The highest BCUT2D eigenvalue weighted by atomic mass is 32.1. The number of ketones is 3. The Bertz CT molecular complexity index is 960. The van der Waals surface area contributed by atoms with E-state index < -0.39 is 11.7 Å². The summed E-state index contributed by atoms with van der Waals surface area (Å²) >= 11 is 1.15. The number of thiazole rings is 1. The van der Waals surface area contributed by atoms with Gasteiger partial charge in [-0.1, -0.05) is 32.1 Å². The Morgan fingerprint density at radius 1 is 1.19 bits per heavy atom. The second-order valence-corrected chi connectivity index (χ2v) is 8.85. The standard InChI is InChI=1S/C20H23NO4S/c1-5-8-21-17-11(2)12(6-7-15(17)26-19(21)25)18(24)16-13(22)9-20(3,4)10-14(16)23/h6-7,16H,5,8-10H2,1-4H3. The van der Waals surface area contributed by atoms with E-state index in [-0.39, 0.29) is 34.7 Å². The Balaban J connectivity index is 2.08. The van der Waals surface area contributed by atoms with E-state index in [1.165, 1.54) is 0 Å². The molecule has 0 radical (unpaired) electrons. The molecule has 0 amide bonds. The summed E-state index contributed by atoms with van der Waals surface area (Å²) in [5.41, 5.74) is 1.39. The van der Waals surface area contributed by atoms with E-state index in [1.807, 2.05) is 20.8 Å². The molecule has 5 nitrogen and oxygen atoms in total. The van der Waals surface area contributed by atoms with Crippen LogP contribution in [0.4, 0.5) is 0 Å². The zero-order valence-corrected chi connectivity index (χ0v) is 16.4. The number of aromatic nitrogens is 1. The number of carbonyl (C=O) groups is 3. The number of benzene rings is 1. The molecule has 1 heterocycles. The molecule has 138 valence electrons. The third-order valence-electron chi connectivity index (χ3n) is 5.01. The monoisotopic (exact) mass is 373 g/mol. The molecule has 1 aromatic carbocycles. The number of hydrogen-bond acceptors (Lipinski definition) is 5. The predicted octanol–water partition coefficient (Wildman–Crippen LogP) is 3.54. The average Bonchev–Trinajstić information content (AvgIpc) is 2.82. The minimum Gasteiger partial charge on any atom is -0.298 e. The van der Waals surface area contributed by atoms with E-state index in [4.69, 9.17) is 0 Å². The molecule has 0 bridgehead atoms. The summed E-state index contributed by atoms with van der Waals surface area (Å²) in [4.78, 5) is 50.2. The van der Waals surface area contributed by atoms with Crippen LogP contribution in [0.5, 0.6) is 0 Å². The van der Waals surface area contributed by atoms with Crippen LogP contribution in [-0.4, -0.2) is 21.9 Å². The molecule has 0 N–H and O–H groups in total. The molecule has 0 saturated heterocycles. The van der Waals surface area contributed by atoms with Crippen molar-refractivity contribution in [2.45, 2.75) is 53.5 Å². The topological polar surface area (TPSA) is 73.2 Å². The molecule has 0 atom stereocenters. The second kappa shape index (κ2) is 6.58. The van der Waals surface area contributed by atoms with Gasteiger partial charge in [0.1, 0.15) is 5.92 Å². The van der Waals surface area contributed by atoms with Crippen molar-refractivity contribution in [3.8, 4) is 0 Å². The molecule has 0 spiro atoms. The smallest absolute Gasteiger partial charge is 0.298 e. The fourth-order valence-corrected chi connectivity index (χ4v) is 4.84. The van der Waals surface area contributed by atoms with Crippen LogP contribution in [0, 0.1) is 18.3 Å². The first kappa shape index (κ1) is 18.7. The summed E-state index contributed by atoms with van der Waals surface area (Å²) in [6.45, 7) is 8.09. The van der Waals surface area contributed by atoms with Crippen molar-refractivity contribution in [2.75, 3.05) is 0 Å². The molecule has 26 heavy (non-hydrogen) atoms. The number of aryl methyl sites for hydroxylation is 2. The van der Waals surface area contributed by atoms with Gasteiger partial charge in [-0.3, -0.25) is 23.7 Å². The maximum absolute atomic E-state index is 13.0. The van der Waals surface area contributed by atoms with Gasteiger partial charge in [0.2, 0.25) is 0 Å². The molecule has 1 fully saturated rings. The van der Waals surface area contributed by atoms with Crippen molar-refractivity contribution >= 4 is 38.9 Å². The highest BCUT2D eigenvalue weighted by Crippen LogP contribution is 2.36. The van der Waals surface area contributed by atoms with Gasteiger partial charge in [0.15, 0.2) is 17.3 Å². The van der Waals surface area contributed by atoms with Crippen molar-refractivity contribution in [3.63, 3.8) is 0 Å². The number of carbonyl (C=O) groups excluding carboxylic acids is 3. The third-order valence-corrected chi connectivity index (χ3v) is 5.95. The van der Waals surface area contributed by atoms with E-state index in [9.17, 15) is 19.2 Å². The Morgan fingerprint density at radius 2 is 1.81 bits per heavy atom. The molecule has 1 aliphatic rings. The number of rotatable bonds is 4. The Morgan fingerprint density at radius 3 is 2.38 bits per heavy atom. The van der Waals surface area contributed by atoms with Crippen molar-refractivity contribution in [1.29, 1.82) is 0 Å². The van der Waals surface area contributed by atoms with Gasteiger partial charge >= 0.3 is 4.87 Å². The summed E-state index contributed by atoms with van der Waals surface area (Å²) in [6, 6.07) is 3.39. The lowest BCUT2D eigenvalue weighted by molar-refractivity contribution is -0.137. The molecule has 3 rings (SSSR count). The molecule has 0 unspecified atom stereocenters. The summed E-state index contributed by atoms with van der Waals surface area (Å²) < 4.78 is 2.50. The van der Waals surface area contributed by atoms with Crippen molar-refractivity contribution in [3.05, 3.63) is 32.9 Å². The first-order valence-corrected chi connectivity index (χ1v) is 9.70. The molecule has 1 aromatic heterocycles. The van der Waals surface area contributed by atoms with Gasteiger partial charge in [-0.25, -0.2) is 0 Å². The summed E-state index contributed by atoms with van der Waals surface area (Å²) in [5, 5.41) is 0. The zero-order valence-electron chi connectivity index (χ0n) is 15.5. The van der Waals surface area contributed by atoms with Crippen LogP contribution >= 0.6 is 11.3 Å². The van der Waals surface area contributed by atoms with Crippen LogP contribution in [0.1, 0.15) is 56.0 Å². The first-order valence-electron chi connectivity index (χ1n) is 8.89. The maximum Gasteiger partial charge on any atom is 0.308 e.